The summed E-state index contributed by atoms with van der Waals surface area (Å²) in [6, 6.07) is 11.6. The van der Waals surface area contributed by atoms with Crippen molar-refractivity contribution in [2.45, 2.75) is 6.42 Å². The van der Waals surface area contributed by atoms with Crippen LogP contribution in [0, 0.1) is 5.92 Å². The van der Waals surface area contributed by atoms with Crippen LogP contribution in [0.3, 0.4) is 0 Å². The molecule has 2 aromatic carbocycles. The van der Waals surface area contributed by atoms with Crippen molar-refractivity contribution in [3.63, 3.8) is 0 Å². The highest BCUT2D eigenvalue weighted by molar-refractivity contribution is 6.30. The van der Waals surface area contributed by atoms with Gasteiger partial charge in [-0.05, 0) is 36.4 Å². The molecule has 30 heavy (non-hydrogen) atoms. The Labute approximate surface area is 178 Å². The summed E-state index contributed by atoms with van der Waals surface area (Å²) in [5.41, 5.74) is 1.08. The lowest BCUT2D eigenvalue weighted by Crippen LogP contribution is -2.28. The van der Waals surface area contributed by atoms with Gasteiger partial charge in [0.05, 0.1) is 25.8 Å². The number of carbonyl (C=O) groups excluding carboxylic acids is 3. The minimum Gasteiger partial charge on any atom is -0.497 e. The van der Waals surface area contributed by atoms with Gasteiger partial charge in [-0.2, -0.15) is 0 Å². The number of carbonyl (C=O) groups is 3. The molecule has 1 fully saturated rings. The Morgan fingerprint density at radius 1 is 1.13 bits per heavy atom. The Balaban J connectivity index is 1.57. The van der Waals surface area contributed by atoms with Crippen molar-refractivity contribution in [1.29, 1.82) is 0 Å². The maximum atomic E-state index is 12.5. The summed E-state index contributed by atoms with van der Waals surface area (Å²) in [4.78, 5) is 38.3. The molecular weight excluding hydrogens is 412 g/mol. The molecule has 0 aliphatic carbocycles. The molecular formula is C21H21ClN2O6. The lowest BCUT2D eigenvalue weighted by atomic mass is 10.1. The second kappa shape index (κ2) is 9.49. The molecule has 9 heteroatoms. The molecule has 0 radical (unpaired) electrons. The van der Waals surface area contributed by atoms with Gasteiger partial charge >= 0.3 is 5.97 Å². The number of hydrogen-bond acceptors (Lipinski definition) is 6. The lowest BCUT2D eigenvalue weighted by Gasteiger charge is -2.20. The predicted octanol–water partition coefficient (Wildman–Crippen LogP) is 2.89. The molecule has 1 N–H and O–H groups in total. The van der Waals surface area contributed by atoms with E-state index in [2.05, 4.69) is 5.32 Å². The van der Waals surface area contributed by atoms with E-state index < -0.39 is 24.4 Å². The number of nitrogens with zero attached hydrogens (tertiary/aromatic N) is 1. The van der Waals surface area contributed by atoms with Crippen LogP contribution >= 0.6 is 11.6 Å². The van der Waals surface area contributed by atoms with E-state index in [1.54, 1.807) is 42.5 Å². The second-order valence-electron chi connectivity index (χ2n) is 6.61. The molecule has 1 saturated heterocycles. The van der Waals surface area contributed by atoms with Crippen molar-refractivity contribution >= 4 is 40.8 Å². The summed E-state index contributed by atoms with van der Waals surface area (Å²) in [5.74, 6) is -0.948. The molecule has 1 atom stereocenters. The van der Waals surface area contributed by atoms with E-state index in [4.69, 9.17) is 25.8 Å². The average molecular weight is 433 g/mol. The molecule has 8 nitrogen and oxygen atoms in total. The van der Waals surface area contributed by atoms with Crippen LogP contribution in [0.4, 0.5) is 11.4 Å². The largest absolute Gasteiger partial charge is 0.497 e. The molecule has 0 bridgehead atoms. The topological polar surface area (TPSA) is 94.2 Å². The molecule has 0 unspecified atom stereocenters. The molecule has 2 aromatic rings. The fourth-order valence-corrected chi connectivity index (χ4v) is 3.22. The van der Waals surface area contributed by atoms with Gasteiger partial charge in [-0.1, -0.05) is 11.6 Å². The van der Waals surface area contributed by atoms with Crippen LogP contribution in [-0.4, -0.2) is 45.2 Å². The minimum atomic E-state index is -0.673. The number of ether oxygens (including phenoxy) is 3. The van der Waals surface area contributed by atoms with E-state index in [-0.39, 0.29) is 18.9 Å². The number of benzene rings is 2. The van der Waals surface area contributed by atoms with Gasteiger partial charge in [0.15, 0.2) is 6.61 Å². The number of halogens is 1. The fourth-order valence-electron chi connectivity index (χ4n) is 3.09. The van der Waals surface area contributed by atoms with Crippen molar-refractivity contribution in [2.24, 2.45) is 5.92 Å². The zero-order chi connectivity index (χ0) is 21.7. The number of methoxy groups -OCH3 is 2. The molecule has 1 heterocycles. The van der Waals surface area contributed by atoms with E-state index in [1.807, 2.05) is 0 Å². The Bertz CT molecular complexity index is 947. The van der Waals surface area contributed by atoms with E-state index in [9.17, 15) is 14.4 Å². The van der Waals surface area contributed by atoms with E-state index in [0.29, 0.717) is 27.9 Å². The van der Waals surface area contributed by atoms with Crippen LogP contribution in [-0.2, 0) is 19.1 Å². The Hall–Kier alpha value is -3.26. The molecule has 0 saturated carbocycles. The standard InChI is InChI=1S/C21H21ClN2O6/c1-28-16-7-8-17(18(10-16)29-2)24-11-13(9-20(24)26)21(27)30-12-19(25)23-15-5-3-14(22)4-6-15/h3-8,10,13H,9,11-12H2,1-2H3,(H,23,25)/t13-/m0/s1. The van der Waals surface area contributed by atoms with Gasteiger partial charge in [-0.25, -0.2) is 0 Å². The number of esters is 1. The summed E-state index contributed by atoms with van der Waals surface area (Å²) < 4.78 is 15.6. The molecule has 158 valence electrons. The smallest absolute Gasteiger partial charge is 0.311 e. The quantitative estimate of drug-likeness (QED) is 0.676. The Morgan fingerprint density at radius 3 is 2.53 bits per heavy atom. The van der Waals surface area contributed by atoms with Gasteiger partial charge in [0.25, 0.3) is 5.91 Å². The summed E-state index contributed by atoms with van der Waals surface area (Å²) in [6.07, 6.45) is -0.00712. The van der Waals surface area contributed by atoms with Gasteiger partial charge < -0.3 is 24.4 Å². The fraction of sp³-hybridized carbons (Fsp3) is 0.286. The van der Waals surface area contributed by atoms with Crippen LogP contribution < -0.4 is 19.7 Å². The zero-order valence-electron chi connectivity index (χ0n) is 16.5. The molecule has 2 amide bonds. The third-order valence-corrected chi connectivity index (χ3v) is 4.86. The normalized spacial score (nSPS) is 15.6. The van der Waals surface area contributed by atoms with Gasteiger partial charge in [-0.3, -0.25) is 14.4 Å². The Kier molecular flexibility index (Phi) is 6.79. The highest BCUT2D eigenvalue weighted by atomic mass is 35.5. The second-order valence-corrected chi connectivity index (χ2v) is 7.04. The number of nitrogens with one attached hydrogen (secondary N) is 1. The summed E-state index contributed by atoms with van der Waals surface area (Å²) >= 11 is 5.80. The van der Waals surface area contributed by atoms with Gasteiger partial charge in [0.2, 0.25) is 5.91 Å². The molecule has 1 aliphatic rings. The maximum Gasteiger partial charge on any atom is 0.311 e. The van der Waals surface area contributed by atoms with Crippen molar-refractivity contribution in [3.8, 4) is 11.5 Å². The number of amides is 2. The van der Waals surface area contributed by atoms with Crippen LogP contribution in [0.25, 0.3) is 0 Å². The number of rotatable bonds is 7. The van der Waals surface area contributed by atoms with Crippen LogP contribution in [0.2, 0.25) is 5.02 Å². The molecule has 0 spiro atoms. The van der Waals surface area contributed by atoms with E-state index in [0.717, 1.165) is 0 Å². The van der Waals surface area contributed by atoms with Gasteiger partial charge in [0.1, 0.15) is 11.5 Å². The van der Waals surface area contributed by atoms with E-state index in [1.165, 1.54) is 19.1 Å². The first-order valence-corrected chi connectivity index (χ1v) is 9.53. The average Bonchev–Trinajstić information content (AvgIpc) is 3.14. The first kappa shape index (κ1) is 21.4. The monoisotopic (exact) mass is 432 g/mol. The van der Waals surface area contributed by atoms with Crippen LogP contribution in [0.1, 0.15) is 6.42 Å². The predicted molar refractivity (Wildman–Crippen MR) is 111 cm³/mol. The Morgan fingerprint density at radius 2 is 1.87 bits per heavy atom. The minimum absolute atomic E-state index is 0.00712. The van der Waals surface area contributed by atoms with Crippen LogP contribution in [0.15, 0.2) is 42.5 Å². The SMILES string of the molecule is COc1ccc(N2C[C@@H](C(=O)OCC(=O)Nc3ccc(Cl)cc3)CC2=O)c(OC)c1. The number of anilines is 2. The van der Waals surface area contributed by atoms with Gasteiger partial charge in [0, 0.05) is 29.7 Å². The third-order valence-electron chi connectivity index (χ3n) is 4.61. The zero-order valence-corrected chi connectivity index (χ0v) is 17.3. The third kappa shape index (κ3) is 5.01. The van der Waals surface area contributed by atoms with Gasteiger partial charge in [-0.15, -0.1) is 0 Å². The first-order valence-electron chi connectivity index (χ1n) is 9.15. The lowest BCUT2D eigenvalue weighted by molar-refractivity contribution is -0.151. The van der Waals surface area contributed by atoms with Crippen LogP contribution in [0.5, 0.6) is 11.5 Å². The van der Waals surface area contributed by atoms with E-state index >= 15 is 0 Å². The summed E-state index contributed by atoms with van der Waals surface area (Å²) in [6.45, 7) is -0.308. The van der Waals surface area contributed by atoms with Crippen molar-refractivity contribution in [1.82, 2.24) is 0 Å². The maximum absolute atomic E-state index is 12.5. The summed E-state index contributed by atoms with van der Waals surface area (Å²) in [5, 5.41) is 3.15. The molecule has 0 aromatic heterocycles. The highest BCUT2D eigenvalue weighted by Crippen LogP contribution is 2.36. The molecule has 3 rings (SSSR count). The number of hydrogen-bond donors (Lipinski definition) is 1. The first-order chi connectivity index (χ1) is 14.4. The van der Waals surface area contributed by atoms with Crippen molar-refractivity contribution in [3.05, 3.63) is 47.5 Å². The van der Waals surface area contributed by atoms with Crippen molar-refractivity contribution < 1.29 is 28.6 Å². The van der Waals surface area contributed by atoms with Crippen molar-refractivity contribution in [2.75, 3.05) is 37.6 Å². The summed E-state index contributed by atoms with van der Waals surface area (Å²) in [7, 11) is 3.02. The molecule has 1 aliphatic heterocycles. The highest BCUT2D eigenvalue weighted by Gasteiger charge is 2.37.